The van der Waals surface area contributed by atoms with Crippen molar-refractivity contribution >= 4 is 83.1 Å². The fourth-order valence-electron chi connectivity index (χ4n) is 13.2. The van der Waals surface area contributed by atoms with Crippen LogP contribution < -0.4 is 43.0 Å². The van der Waals surface area contributed by atoms with Gasteiger partial charge in [-0.3, -0.25) is 57.5 Å². The average Bonchev–Trinajstić information content (AvgIpc) is 1.08. The SMILES string of the molecule is CC(C)(C)OC(=O)CCCCCCCCCCCCCCCCC(=O)N[C@@H](CCCCNC(=O)CCOCCOCCNC(=O)CCOCCOCCN)C(=O)OC(C)(C)C.CC(C)(C)OC(=O)CCCCCCCCCCCCCCCCC(=O)N[C@@H](CCCCNC(=O)CCOCCOCCNC(=O)CCOCCOCCNC(=O)CCC(=O)O)C(=O)OC(C)(C)C.O=C1CCC(=O)O1. The summed E-state index contributed by atoms with van der Waals surface area (Å²) in [6.07, 6.45) is 38.2. The van der Waals surface area contributed by atoms with Crippen LogP contribution in [0.25, 0.3) is 0 Å². The molecular formula is C100H184N8O28. The van der Waals surface area contributed by atoms with Gasteiger partial charge < -0.3 is 110 Å². The summed E-state index contributed by atoms with van der Waals surface area (Å²) in [6.45, 7) is 29.8. The second kappa shape index (κ2) is 87.7. The highest BCUT2D eigenvalue weighted by molar-refractivity contribution is 5.92. The van der Waals surface area contributed by atoms with Crippen LogP contribution in [-0.2, 0) is 129 Å². The maximum absolute atomic E-state index is 12.9. The number of aliphatic carboxylic acids is 1. The minimum Gasteiger partial charge on any atom is -0.481 e. The van der Waals surface area contributed by atoms with E-state index in [-0.39, 0.29) is 138 Å². The summed E-state index contributed by atoms with van der Waals surface area (Å²) in [6, 6.07) is -1.47. The quantitative estimate of drug-likeness (QED) is 0.0118. The number of carboxylic acid groups (broad SMARTS) is 1. The molecule has 1 aliphatic heterocycles. The maximum atomic E-state index is 12.9. The molecule has 0 aliphatic carbocycles. The number of nitrogens with two attached hydrogens (primary N) is 1. The minimum atomic E-state index is -1.02. The zero-order valence-corrected chi connectivity index (χ0v) is 85.8. The molecule has 136 heavy (non-hydrogen) atoms. The Bertz CT molecular complexity index is 3130. The molecule has 0 aromatic heterocycles. The van der Waals surface area contributed by atoms with E-state index in [0.717, 1.165) is 70.6 Å². The van der Waals surface area contributed by atoms with E-state index in [1.807, 2.05) is 62.3 Å². The van der Waals surface area contributed by atoms with Crippen molar-refractivity contribution in [2.75, 3.05) is 145 Å². The number of hydrogen-bond donors (Lipinski definition) is 9. The standard InChI is InChI=1S/C50H92N4O14.C46H88N4O11.C4H4O3/c1-49(2,3)67-47(61)25-20-18-16-14-12-10-8-7-9-11-13-15-17-19-24-45(58)54-41(48(62)68-50(4,5)6)23-21-22-30-51-43(56)28-33-63-37-40-66-36-32-53-44(57)29-34-64-38-39-65-35-31-52-42(55)26-27-46(59)60;1-45(2,3)60-43(54)25-20-18-16-14-12-10-8-7-9-11-13-15-17-19-24-42(53)50-39(44(55)61-46(4,5)6)23-21-22-29-48-40(51)26-31-57-36-38-59-34-30-49-41(52)27-32-56-35-37-58-33-28-47;5-3-1-2-4(6)7-3/h41H,7-40H2,1-6H3,(H,51,56)(H,52,55)(H,53,57)(H,54,58)(H,59,60);39H,7-38,47H2,1-6H3,(H,48,51)(H,49,52)(H,50,53);1-2H2/t41-;39-;/m00./s1. The predicted molar refractivity (Wildman–Crippen MR) is 519 cm³/mol. The Kier molecular flexibility index (Phi) is 84.1. The van der Waals surface area contributed by atoms with Crippen molar-refractivity contribution in [1.29, 1.82) is 0 Å². The highest BCUT2D eigenvalue weighted by atomic mass is 16.6. The van der Waals surface area contributed by atoms with Crippen molar-refractivity contribution in [2.45, 2.75) is 413 Å². The van der Waals surface area contributed by atoms with Crippen LogP contribution in [0.5, 0.6) is 0 Å². The summed E-state index contributed by atoms with van der Waals surface area (Å²) >= 11 is 0. The van der Waals surface area contributed by atoms with Crippen LogP contribution >= 0.6 is 0 Å². The number of carbonyl (C=O) groups excluding carboxylic acids is 13. The second-order valence-corrected chi connectivity index (χ2v) is 38.0. The molecule has 0 bridgehead atoms. The molecule has 36 heteroatoms. The number of unbranched alkanes of at least 4 members (excludes halogenated alkanes) is 28. The first kappa shape index (κ1) is 130. The molecule has 0 saturated carbocycles. The second-order valence-electron chi connectivity index (χ2n) is 38.0. The third-order valence-corrected chi connectivity index (χ3v) is 20.1. The number of amides is 7. The van der Waals surface area contributed by atoms with Gasteiger partial charge in [0.25, 0.3) is 0 Å². The van der Waals surface area contributed by atoms with Gasteiger partial charge in [-0.2, -0.15) is 0 Å². The van der Waals surface area contributed by atoms with E-state index in [1.165, 1.54) is 109 Å². The summed E-state index contributed by atoms with van der Waals surface area (Å²) in [5.41, 5.74) is 3.19. The third kappa shape index (κ3) is 99.4. The number of nitrogens with one attached hydrogen (secondary N) is 7. The van der Waals surface area contributed by atoms with Crippen molar-refractivity contribution in [3.05, 3.63) is 0 Å². The molecular weight excluding hydrogens is 1760 g/mol. The predicted octanol–water partition coefficient (Wildman–Crippen LogP) is 13.1. The van der Waals surface area contributed by atoms with Crippen LogP contribution in [0.4, 0.5) is 0 Å². The lowest BCUT2D eigenvalue weighted by molar-refractivity contribution is -0.159. The van der Waals surface area contributed by atoms with Crippen molar-refractivity contribution in [1.82, 2.24) is 37.2 Å². The molecule has 1 heterocycles. The first-order valence-electron chi connectivity index (χ1n) is 50.9. The first-order valence-corrected chi connectivity index (χ1v) is 50.9. The van der Waals surface area contributed by atoms with Gasteiger partial charge in [0, 0.05) is 97.1 Å². The largest absolute Gasteiger partial charge is 0.481 e. The fraction of sp³-hybridized carbons (Fsp3) is 0.860. The highest BCUT2D eigenvalue weighted by Crippen LogP contribution is 2.21. The number of carboxylic acids is 1. The van der Waals surface area contributed by atoms with E-state index in [9.17, 15) is 67.1 Å². The number of carbonyl (C=O) groups is 14. The lowest BCUT2D eigenvalue weighted by Crippen LogP contribution is -2.44. The van der Waals surface area contributed by atoms with Crippen LogP contribution in [0, 0.1) is 0 Å². The van der Waals surface area contributed by atoms with Crippen molar-refractivity contribution < 1.29 is 134 Å². The molecule has 0 unspecified atom stereocenters. The number of esters is 6. The number of rotatable bonds is 86. The van der Waals surface area contributed by atoms with Gasteiger partial charge in [0.1, 0.15) is 34.5 Å². The first-order chi connectivity index (χ1) is 64.8. The van der Waals surface area contributed by atoms with Gasteiger partial charge in [-0.05, 0) is 147 Å². The molecule has 0 aromatic rings. The Morgan fingerprint density at radius 3 is 0.750 bits per heavy atom. The van der Waals surface area contributed by atoms with Gasteiger partial charge in [0.2, 0.25) is 41.4 Å². The highest BCUT2D eigenvalue weighted by Gasteiger charge is 2.29. The minimum absolute atomic E-state index is 0.0737. The molecule has 0 aromatic carbocycles. The number of hydrogen-bond acceptors (Lipinski definition) is 28. The third-order valence-electron chi connectivity index (χ3n) is 20.1. The van der Waals surface area contributed by atoms with Crippen LogP contribution in [0.2, 0.25) is 0 Å². The van der Waals surface area contributed by atoms with E-state index in [2.05, 4.69) is 42.0 Å². The van der Waals surface area contributed by atoms with Gasteiger partial charge in [0.15, 0.2) is 0 Å². The maximum Gasteiger partial charge on any atom is 0.329 e. The molecule has 2 atom stereocenters. The summed E-state index contributed by atoms with van der Waals surface area (Å²) < 4.78 is 69.1. The normalized spacial score (nSPS) is 12.5. The zero-order valence-electron chi connectivity index (χ0n) is 85.8. The molecule has 1 saturated heterocycles. The Balaban J connectivity index is 0. The lowest BCUT2D eigenvalue weighted by Gasteiger charge is -2.24. The summed E-state index contributed by atoms with van der Waals surface area (Å²) in [5, 5.41) is 28.2. The fourth-order valence-corrected chi connectivity index (χ4v) is 13.2. The van der Waals surface area contributed by atoms with Crippen molar-refractivity contribution in [3.63, 3.8) is 0 Å². The molecule has 792 valence electrons. The summed E-state index contributed by atoms with van der Waals surface area (Å²) in [4.78, 5) is 165. The monoisotopic (exact) mass is 1950 g/mol. The van der Waals surface area contributed by atoms with Gasteiger partial charge in [-0.15, -0.1) is 0 Å². The van der Waals surface area contributed by atoms with Gasteiger partial charge in [-0.25, -0.2) is 9.59 Å². The van der Waals surface area contributed by atoms with E-state index in [1.54, 1.807) is 20.8 Å². The Hall–Kier alpha value is -7.58. The topological polar surface area (TPSA) is 489 Å². The summed E-state index contributed by atoms with van der Waals surface area (Å²) in [7, 11) is 0. The molecule has 7 amide bonds. The molecule has 0 radical (unpaired) electrons. The number of ether oxygens (including phenoxy) is 13. The molecule has 36 nitrogen and oxygen atoms in total. The lowest BCUT2D eigenvalue weighted by atomic mass is 10.0. The van der Waals surface area contributed by atoms with E-state index in [0.29, 0.717) is 176 Å². The number of cyclic esters (lactones) is 2. The van der Waals surface area contributed by atoms with Gasteiger partial charge >= 0.3 is 41.8 Å². The average molecular weight is 1950 g/mol. The molecule has 1 rings (SSSR count). The molecule has 1 fully saturated rings. The smallest absolute Gasteiger partial charge is 0.329 e. The van der Waals surface area contributed by atoms with Gasteiger partial charge in [-0.1, -0.05) is 154 Å². The van der Waals surface area contributed by atoms with E-state index < -0.39 is 64.3 Å². The van der Waals surface area contributed by atoms with Crippen LogP contribution in [0.15, 0.2) is 0 Å². The molecule has 1 aliphatic rings. The summed E-state index contributed by atoms with van der Waals surface area (Å²) in [5.74, 6) is -4.09. The Morgan fingerprint density at radius 2 is 0.507 bits per heavy atom. The van der Waals surface area contributed by atoms with Crippen molar-refractivity contribution in [3.8, 4) is 0 Å². The zero-order chi connectivity index (χ0) is 101. The van der Waals surface area contributed by atoms with Crippen LogP contribution in [-0.4, -0.2) is 268 Å². The van der Waals surface area contributed by atoms with Crippen LogP contribution in [0.1, 0.15) is 378 Å². The van der Waals surface area contributed by atoms with E-state index in [4.69, 9.17) is 67.7 Å². The Labute approximate surface area is 814 Å². The molecule has 0 spiro atoms. The van der Waals surface area contributed by atoms with Gasteiger partial charge in [0.05, 0.1) is 125 Å². The Morgan fingerprint density at radius 1 is 0.272 bits per heavy atom. The van der Waals surface area contributed by atoms with Crippen LogP contribution in [0.3, 0.4) is 0 Å². The molecule has 10 N–H and O–H groups in total. The van der Waals surface area contributed by atoms with Crippen molar-refractivity contribution in [2.24, 2.45) is 5.73 Å². The van der Waals surface area contributed by atoms with E-state index >= 15 is 0 Å².